The van der Waals surface area contributed by atoms with E-state index in [-0.39, 0.29) is 23.8 Å². The van der Waals surface area contributed by atoms with Gasteiger partial charge in [0.05, 0.1) is 5.92 Å². The van der Waals surface area contributed by atoms with Crippen LogP contribution < -0.4 is 10.6 Å². The molecule has 2 heterocycles. The van der Waals surface area contributed by atoms with Crippen LogP contribution in [0.1, 0.15) is 30.1 Å². The molecule has 0 radical (unpaired) electrons. The average Bonchev–Trinajstić information content (AvgIpc) is 2.61. The zero-order valence-corrected chi connectivity index (χ0v) is 15.1. The van der Waals surface area contributed by atoms with Crippen molar-refractivity contribution >= 4 is 17.5 Å². The van der Waals surface area contributed by atoms with Crippen LogP contribution in [0.25, 0.3) is 0 Å². The number of nitrogens with two attached hydrogens (primary N) is 1. The van der Waals surface area contributed by atoms with Crippen molar-refractivity contribution in [3.05, 3.63) is 29.8 Å². The van der Waals surface area contributed by atoms with E-state index in [0.717, 1.165) is 50.3 Å². The van der Waals surface area contributed by atoms with Gasteiger partial charge in [-0.1, -0.05) is 0 Å². The van der Waals surface area contributed by atoms with Crippen molar-refractivity contribution < 1.29 is 9.59 Å². The van der Waals surface area contributed by atoms with Crippen LogP contribution in [0, 0.1) is 5.92 Å². The molecule has 2 aliphatic heterocycles. The number of piperazine rings is 1. The highest BCUT2D eigenvalue weighted by Crippen LogP contribution is 2.24. The summed E-state index contributed by atoms with van der Waals surface area (Å²) < 4.78 is 0. The van der Waals surface area contributed by atoms with Crippen LogP contribution in [0.2, 0.25) is 0 Å². The molecule has 2 atom stereocenters. The lowest BCUT2D eigenvalue weighted by atomic mass is 9.97. The molecule has 1 aromatic rings. The average molecular weight is 344 g/mol. The van der Waals surface area contributed by atoms with E-state index < -0.39 is 0 Å². The number of hydrogen-bond donors (Lipinski definition) is 1. The van der Waals surface area contributed by atoms with E-state index in [0.29, 0.717) is 6.54 Å². The molecule has 0 bridgehead atoms. The number of amides is 2. The molecule has 2 saturated heterocycles. The van der Waals surface area contributed by atoms with Gasteiger partial charge in [0.25, 0.3) is 5.91 Å². The molecule has 0 saturated carbocycles. The van der Waals surface area contributed by atoms with Crippen molar-refractivity contribution in [3.8, 4) is 0 Å². The predicted octanol–water partition coefficient (Wildman–Crippen LogP) is 1.16. The molecule has 0 aliphatic carbocycles. The summed E-state index contributed by atoms with van der Waals surface area (Å²) in [6, 6.07) is 7.99. The van der Waals surface area contributed by atoms with Gasteiger partial charge in [0.1, 0.15) is 0 Å². The Morgan fingerprint density at radius 1 is 1.08 bits per heavy atom. The summed E-state index contributed by atoms with van der Waals surface area (Å²) in [5.41, 5.74) is 7.23. The van der Waals surface area contributed by atoms with Crippen LogP contribution in [-0.4, -0.2) is 67.4 Å². The third-order valence-corrected chi connectivity index (χ3v) is 5.39. The molecule has 2 fully saturated rings. The van der Waals surface area contributed by atoms with Crippen molar-refractivity contribution in [2.75, 3.05) is 44.7 Å². The molecule has 1 aromatic carbocycles. The topological polar surface area (TPSA) is 69.9 Å². The van der Waals surface area contributed by atoms with E-state index in [1.54, 1.807) is 0 Å². The Hall–Kier alpha value is -2.08. The molecule has 25 heavy (non-hydrogen) atoms. The first-order valence-corrected chi connectivity index (χ1v) is 9.09. The summed E-state index contributed by atoms with van der Waals surface area (Å²) in [6.45, 7) is 6.28. The van der Waals surface area contributed by atoms with Gasteiger partial charge in [0.2, 0.25) is 5.91 Å². The number of hydrogen-bond acceptors (Lipinski definition) is 4. The summed E-state index contributed by atoms with van der Waals surface area (Å²) in [5.74, 6) is -0.206. The van der Waals surface area contributed by atoms with Crippen molar-refractivity contribution in [3.63, 3.8) is 0 Å². The normalized spacial score (nSPS) is 25.0. The minimum atomic E-state index is -0.222. The lowest BCUT2D eigenvalue weighted by Gasteiger charge is -2.38. The van der Waals surface area contributed by atoms with Crippen LogP contribution in [0.3, 0.4) is 0 Å². The molecule has 6 nitrogen and oxygen atoms in total. The second-order valence-electron chi connectivity index (χ2n) is 7.34. The van der Waals surface area contributed by atoms with Crippen molar-refractivity contribution in [2.24, 2.45) is 11.7 Å². The van der Waals surface area contributed by atoms with Gasteiger partial charge in [0, 0.05) is 50.0 Å². The van der Waals surface area contributed by atoms with E-state index in [1.807, 2.05) is 29.2 Å². The van der Waals surface area contributed by atoms with Crippen molar-refractivity contribution in [1.29, 1.82) is 0 Å². The Labute approximate surface area is 149 Å². The van der Waals surface area contributed by atoms with E-state index in [2.05, 4.69) is 23.8 Å². The minimum absolute atomic E-state index is 0.0822. The number of benzene rings is 1. The number of likely N-dealkylation sites (N-methyl/N-ethyl adjacent to an activating group) is 1. The van der Waals surface area contributed by atoms with E-state index in [1.165, 1.54) is 0 Å². The van der Waals surface area contributed by atoms with Gasteiger partial charge < -0.3 is 20.4 Å². The van der Waals surface area contributed by atoms with Gasteiger partial charge in [-0.3, -0.25) is 9.59 Å². The maximum atomic E-state index is 12.8. The first kappa shape index (κ1) is 17.7. The van der Waals surface area contributed by atoms with Gasteiger partial charge in [0.15, 0.2) is 0 Å². The number of nitrogens with zero attached hydrogens (tertiary/aromatic N) is 3. The SMILES string of the molecule is CC1CN(C)CCN1C(=O)c1ccc(N2CCCC(C(N)=O)C2)cc1. The third-order valence-electron chi connectivity index (χ3n) is 5.39. The molecule has 2 N–H and O–H groups in total. The number of carbonyl (C=O) groups excluding carboxylic acids is 2. The standard InChI is InChI=1S/C19H28N4O2/c1-14-12-21(2)10-11-23(14)19(25)15-5-7-17(8-6-15)22-9-3-4-16(13-22)18(20)24/h5-8,14,16H,3-4,9-13H2,1-2H3,(H2,20,24). The Morgan fingerprint density at radius 2 is 1.80 bits per heavy atom. The first-order valence-electron chi connectivity index (χ1n) is 9.09. The van der Waals surface area contributed by atoms with Crippen LogP contribution in [0.15, 0.2) is 24.3 Å². The molecule has 3 rings (SSSR count). The number of rotatable bonds is 3. The smallest absolute Gasteiger partial charge is 0.254 e. The lowest BCUT2D eigenvalue weighted by Crippen LogP contribution is -2.52. The molecule has 136 valence electrons. The van der Waals surface area contributed by atoms with Crippen LogP contribution in [-0.2, 0) is 4.79 Å². The quantitative estimate of drug-likeness (QED) is 0.893. The second kappa shape index (κ2) is 7.44. The summed E-state index contributed by atoms with van der Waals surface area (Å²) in [5, 5.41) is 0. The molecule has 2 aliphatic rings. The van der Waals surface area contributed by atoms with Crippen LogP contribution in [0.5, 0.6) is 0 Å². The van der Waals surface area contributed by atoms with E-state index in [9.17, 15) is 9.59 Å². The summed E-state index contributed by atoms with van der Waals surface area (Å²) >= 11 is 0. The highest BCUT2D eigenvalue weighted by Gasteiger charge is 2.27. The Kier molecular flexibility index (Phi) is 5.27. The third kappa shape index (κ3) is 3.95. The predicted molar refractivity (Wildman–Crippen MR) is 98.6 cm³/mol. The highest BCUT2D eigenvalue weighted by molar-refractivity contribution is 5.95. The number of anilines is 1. The highest BCUT2D eigenvalue weighted by atomic mass is 16.2. The lowest BCUT2D eigenvalue weighted by molar-refractivity contribution is -0.122. The van der Waals surface area contributed by atoms with Gasteiger partial charge >= 0.3 is 0 Å². The van der Waals surface area contributed by atoms with Crippen LogP contribution >= 0.6 is 0 Å². The zero-order chi connectivity index (χ0) is 18.0. The number of primary amides is 1. The number of carbonyl (C=O) groups is 2. The molecular formula is C19H28N4O2. The largest absolute Gasteiger partial charge is 0.371 e. The first-order chi connectivity index (χ1) is 12.0. The van der Waals surface area contributed by atoms with E-state index in [4.69, 9.17) is 5.73 Å². The van der Waals surface area contributed by atoms with Gasteiger partial charge in [-0.25, -0.2) is 0 Å². The second-order valence-corrected chi connectivity index (χ2v) is 7.34. The molecule has 2 unspecified atom stereocenters. The molecule has 6 heteroatoms. The maximum absolute atomic E-state index is 12.8. The fourth-order valence-electron chi connectivity index (χ4n) is 3.87. The Bertz CT molecular complexity index is 631. The van der Waals surface area contributed by atoms with Crippen molar-refractivity contribution in [1.82, 2.24) is 9.80 Å². The Balaban J connectivity index is 1.67. The minimum Gasteiger partial charge on any atom is -0.371 e. The zero-order valence-electron chi connectivity index (χ0n) is 15.1. The molecule has 0 spiro atoms. The number of piperidine rings is 1. The van der Waals surface area contributed by atoms with Gasteiger partial charge in [-0.15, -0.1) is 0 Å². The fourth-order valence-corrected chi connectivity index (χ4v) is 3.87. The molecule has 0 aromatic heterocycles. The summed E-state index contributed by atoms with van der Waals surface area (Å²) in [6.07, 6.45) is 1.83. The Morgan fingerprint density at radius 3 is 2.44 bits per heavy atom. The summed E-state index contributed by atoms with van der Waals surface area (Å²) in [4.78, 5) is 30.6. The van der Waals surface area contributed by atoms with Gasteiger partial charge in [-0.05, 0) is 51.1 Å². The van der Waals surface area contributed by atoms with E-state index >= 15 is 0 Å². The summed E-state index contributed by atoms with van der Waals surface area (Å²) in [7, 11) is 2.09. The molecule has 2 amide bonds. The van der Waals surface area contributed by atoms with Gasteiger partial charge in [-0.2, -0.15) is 0 Å². The van der Waals surface area contributed by atoms with Crippen molar-refractivity contribution in [2.45, 2.75) is 25.8 Å². The van der Waals surface area contributed by atoms with Crippen LogP contribution in [0.4, 0.5) is 5.69 Å². The maximum Gasteiger partial charge on any atom is 0.254 e. The fraction of sp³-hybridized carbons (Fsp3) is 0.579. The molecular weight excluding hydrogens is 316 g/mol. The monoisotopic (exact) mass is 344 g/mol.